The molecular weight excluding hydrogens is 286 g/mol. The molecular formula is C12H8ClN3O4. The third-order valence-corrected chi connectivity index (χ3v) is 2.71. The second-order valence-electron chi connectivity index (χ2n) is 3.73. The molecule has 0 aliphatic carbocycles. The topological polar surface area (TPSA) is 112 Å². The highest BCUT2D eigenvalue weighted by atomic mass is 35.5. The molecule has 8 heteroatoms. The smallest absolute Gasteiger partial charge is 0.337 e. The Morgan fingerprint density at radius 3 is 2.60 bits per heavy atom. The summed E-state index contributed by atoms with van der Waals surface area (Å²) in [4.78, 5) is 33.8. The van der Waals surface area contributed by atoms with Crippen LogP contribution in [0.4, 0.5) is 5.69 Å². The number of carboxylic acid groups (broad SMARTS) is 1. The summed E-state index contributed by atoms with van der Waals surface area (Å²) in [5.74, 6) is -1.91. The van der Waals surface area contributed by atoms with Gasteiger partial charge < -0.3 is 10.4 Å². The molecule has 20 heavy (non-hydrogen) atoms. The van der Waals surface area contributed by atoms with Crippen LogP contribution in [0, 0.1) is 0 Å². The van der Waals surface area contributed by atoms with Crippen LogP contribution in [0.5, 0.6) is 0 Å². The summed E-state index contributed by atoms with van der Waals surface area (Å²) in [6, 6.07) is 6.56. The Morgan fingerprint density at radius 2 is 2.00 bits per heavy atom. The highest BCUT2D eigenvalue weighted by molar-refractivity contribution is 6.34. The van der Waals surface area contributed by atoms with Gasteiger partial charge in [-0.15, -0.1) is 0 Å². The Balaban J connectivity index is 2.35. The van der Waals surface area contributed by atoms with Crippen molar-refractivity contribution < 1.29 is 14.7 Å². The molecule has 0 atom stereocenters. The highest BCUT2D eigenvalue weighted by Crippen LogP contribution is 2.26. The van der Waals surface area contributed by atoms with E-state index in [1.165, 1.54) is 24.3 Å². The molecule has 0 aliphatic rings. The molecule has 1 amide bonds. The fraction of sp³-hybridized carbons (Fsp3) is 0. The third kappa shape index (κ3) is 2.83. The largest absolute Gasteiger partial charge is 0.478 e. The number of rotatable bonds is 3. The highest BCUT2D eigenvalue weighted by Gasteiger charge is 2.17. The molecule has 0 bridgehead atoms. The summed E-state index contributed by atoms with van der Waals surface area (Å²) in [6.45, 7) is 0. The van der Waals surface area contributed by atoms with E-state index in [0.717, 1.165) is 6.07 Å². The number of anilines is 1. The zero-order valence-corrected chi connectivity index (χ0v) is 10.6. The number of carboxylic acids is 1. The van der Waals surface area contributed by atoms with E-state index in [9.17, 15) is 14.4 Å². The van der Waals surface area contributed by atoms with Gasteiger partial charge in [0.25, 0.3) is 11.5 Å². The van der Waals surface area contributed by atoms with Gasteiger partial charge in [-0.05, 0) is 18.2 Å². The van der Waals surface area contributed by atoms with Crippen molar-refractivity contribution in [2.45, 2.75) is 0 Å². The van der Waals surface area contributed by atoms with Crippen LogP contribution in [0.15, 0.2) is 35.1 Å². The van der Waals surface area contributed by atoms with E-state index in [1.807, 2.05) is 0 Å². The average Bonchev–Trinajstić information content (AvgIpc) is 2.41. The molecule has 0 aliphatic heterocycles. The molecule has 102 valence electrons. The Morgan fingerprint density at radius 1 is 1.25 bits per heavy atom. The van der Waals surface area contributed by atoms with Gasteiger partial charge in [-0.25, -0.2) is 9.89 Å². The number of halogens is 1. The van der Waals surface area contributed by atoms with E-state index >= 15 is 0 Å². The van der Waals surface area contributed by atoms with Gasteiger partial charge in [-0.1, -0.05) is 17.7 Å². The van der Waals surface area contributed by atoms with Crippen LogP contribution in [-0.2, 0) is 0 Å². The van der Waals surface area contributed by atoms with Gasteiger partial charge in [-0.2, -0.15) is 5.10 Å². The molecule has 2 rings (SSSR count). The number of para-hydroxylation sites is 1. The molecule has 7 nitrogen and oxygen atoms in total. The van der Waals surface area contributed by atoms with Crippen LogP contribution in [-0.4, -0.2) is 27.2 Å². The minimum atomic E-state index is -1.22. The standard InChI is InChI=1S/C12H8ClN3O4/c13-7-3-1-2-6(12(19)20)10(7)14-11(18)8-4-5-9(17)16-15-8/h1-5H,(H,14,18)(H,16,17)(H,19,20). The number of nitrogens with zero attached hydrogens (tertiary/aromatic N) is 1. The predicted molar refractivity (Wildman–Crippen MR) is 71.2 cm³/mol. The normalized spacial score (nSPS) is 10.1. The predicted octanol–water partition coefficient (Wildman–Crippen LogP) is 1.37. The summed E-state index contributed by atoms with van der Waals surface area (Å²) in [5.41, 5.74) is -0.693. The van der Waals surface area contributed by atoms with Gasteiger partial charge in [0.05, 0.1) is 16.3 Å². The van der Waals surface area contributed by atoms with E-state index < -0.39 is 17.4 Å². The van der Waals surface area contributed by atoms with Crippen LogP contribution in [0.3, 0.4) is 0 Å². The van der Waals surface area contributed by atoms with E-state index in [0.29, 0.717) is 0 Å². The average molecular weight is 294 g/mol. The number of amides is 1. The number of aromatic amines is 1. The Kier molecular flexibility index (Phi) is 3.81. The first kappa shape index (κ1) is 13.8. The minimum absolute atomic E-state index is 0.0281. The van der Waals surface area contributed by atoms with Crippen molar-refractivity contribution in [2.24, 2.45) is 0 Å². The number of benzene rings is 1. The molecule has 3 N–H and O–H groups in total. The van der Waals surface area contributed by atoms with Crippen LogP contribution < -0.4 is 10.9 Å². The van der Waals surface area contributed by atoms with Crippen molar-refractivity contribution in [3.8, 4) is 0 Å². The lowest BCUT2D eigenvalue weighted by molar-refractivity contribution is 0.0698. The maximum absolute atomic E-state index is 11.9. The molecule has 0 saturated heterocycles. The lowest BCUT2D eigenvalue weighted by Crippen LogP contribution is -2.19. The first-order valence-corrected chi connectivity index (χ1v) is 5.75. The number of hydrogen-bond donors (Lipinski definition) is 3. The number of carbonyl (C=O) groups excluding carboxylic acids is 1. The molecule has 0 radical (unpaired) electrons. The number of aromatic carboxylic acids is 1. The fourth-order valence-electron chi connectivity index (χ4n) is 1.48. The molecule has 1 aromatic heterocycles. The maximum Gasteiger partial charge on any atom is 0.337 e. The molecule has 0 saturated carbocycles. The van der Waals surface area contributed by atoms with Crippen molar-refractivity contribution in [1.82, 2.24) is 10.2 Å². The summed E-state index contributed by atoms with van der Waals surface area (Å²) in [6.07, 6.45) is 0. The fourth-order valence-corrected chi connectivity index (χ4v) is 1.70. The Labute approximate surface area is 117 Å². The van der Waals surface area contributed by atoms with E-state index in [1.54, 1.807) is 0 Å². The van der Waals surface area contributed by atoms with Crippen LogP contribution in [0.2, 0.25) is 5.02 Å². The van der Waals surface area contributed by atoms with Gasteiger partial charge in [-0.3, -0.25) is 9.59 Å². The van der Waals surface area contributed by atoms with Gasteiger partial charge in [0.2, 0.25) is 0 Å². The minimum Gasteiger partial charge on any atom is -0.478 e. The van der Waals surface area contributed by atoms with Crippen molar-refractivity contribution >= 4 is 29.2 Å². The van der Waals surface area contributed by atoms with E-state index in [-0.39, 0.29) is 22.0 Å². The summed E-state index contributed by atoms with van der Waals surface area (Å²) in [5, 5.41) is 17.1. The molecule has 1 heterocycles. The van der Waals surface area contributed by atoms with Crippen LogP contribution in [0.25, 0.3) is 0 Å². The summed E-state index contributed by atoms with van der Waals surface area (Å²) in [7, 11) is 0. The molecule has 0 spiro atoms. The third-order valence-electron chi connectivity index (χ3n) is 2.39. The lowest BCUT2D eigenvalue weighted by Gasteiger charge is -2.09. The summed E-state index contributed by atoms with van der Waals surface area (Å²) < 4.78 is 0. The second kappa shape index (κ2) is 5.54. The first-order valence-electron chi connectivity index (χ1n) is 5.38. The lowest BCUT2D eigenvalue weighted by atomic mass is 10.1. The monoisotopic (exact) mass is 293 g/mol. The summed E-state index contributed by atoms with van der Waals surface area (Å²) >= 11 is 5.87. The number of H-pyrrole nitrogens is 1. The molecule has 0 unspecified atom stereocenters. The van der Waals surface area contributed by atoms with Crippen LogP contribution >= 0.6 is 11.6 Å². The number of carbonyl (C=O) groups is 2. The van der Waals surface area contributed by atoms with Gasteiger partial charge in [0.15, 0.2) is 0 Å². The second-order valence-corrected chi connectivity index (χ2v) is 4.14. The Bertz CT molecular complexity index is 721. The Hall–Kier alpha value is -2.67. The quantitative estimate of drug-likeness (QED) is 0.791. The van der Waals surface area contributed by atoms with Crippen molar-refractivity contribution in [2.75, 3.05) is 5.32 Å². The first-order chi connectivity index (χ1) is 9.49. The van der Waals surface area contributed by atoms with Crippen molar-refractivity contribution in [3.63, 3.8) is 0 Å². The number of hydrogen-bond acceptors (Lipinski definition) is 4. The van der Waals surface area contributed by atoms with E-state index in [4.69, 9.17) is 16.7 Å². The van der Waals surface area contributed by atoms with Gasteiger partial charge >= 0.3 is 5.97 Å². The SMILES string of the molecule is O=C(Nc1c(Cl)cccc1C(=O)O)c1ccc(=O)[nH]n1. The number of nitrogens with one attached hydrogen (secondary N) is 2. The van der Waals surface area contributed by atoms with Gasteiger partial charge in [0, 0.05) is 6.07 Å². The maximum atomic E-state index is 11.9. The van der Waals surface area contributed by atoms with Crippen molar-refractivity contribution in [3.05, 3.63) is 57.0 Å². The van der Waals surface area contributed by atoms with Gasteiger partial charge in [0.1, 0.15) is 5.69 Å². The van der Waals surface area contributed by atoms with Crippen LogP contribution in [0.1, 0.15) is 20.8 Å². The number of aromatic nitrogens is 2. The molecule has 1 aromatic carbocycles. The molecule has 0 fully saturated rings. The zero-order chi connectivity index (χ0) is 14.7. The molecule has 2 aromatic rings. The zero-order valence-electron chi connectivity index (χ0n) is 9.88. The van der Waals surface area contributed by atoms with Crippen molar-refractivity contribution in [1.29, 1.82) is 0 Å². The van der Waals surface area contributed by atoms with E-state index in [2.05, 4.69) is 15.5 Å².